The fourth-order valence-corrected chi connectivity index (χ4v) is 5.57. The third-order valence-electron chi connectivity index (χ3n) is 7.78. The van der Waals surface area contributed by atoms with Gasteiger partial charge < -0.3 is 20.5 Å². The number of ether oxygens (including phenoxy) is 2. The van der Waals surface area contributed by atoms with Gasteiger partial charge in [0, 0.05) is 5.56 Å². The summed E-state index contributed by atoms with van der Waals surface area (Å²) in [5.41, 5.74) is 8.27. The first-order valence-electron chi connectivity index (χ1n) is 13.4. The third kappa shape index (κ3) is 7.50. The van der Waals surface area contributed by atoms with E-state index in [4.69, 9.17) is 20.6 Å². The van der Waals surface area contributed by atoms with Crippen LogP contribution in [0.3, 0.4) is 0 Å². The van der Waals surface area contributed by atoms with Crippen LogP contribution in [-0.4, -0.2) is 36.5 Å². The van der Waals surface area contributed by atoms with Crippen molar-refractivity contribution in [3.05, 3.63) is 54.1 Å². The van der Waals surface area contributed by atoms with Crippen molar-refractivity contribution in [2.24, 2.45) is 29.4 Å². The van der Waals surface area contributed by atoms with Gasteiger partial charge in [0.1, 0.15) is 24.3 Å². The Morgan fingerprint density at radius 3 is 2.29 bits per heavy atom. The number of nitrogens with one attached hydrogen (secondary N) is 2. The van der Waals surface area contributed by atoms with E-state index in [1.165, 1.54) is 6.42 Å². The molecule has 4 rings (SSSR count). The first-order chi connectivity index (χ1) is 17.7. The molecule has 0 aromatic heterocycles. The fraction of sp³-hybridized carbons (Fsp3) is 0.500. The van der Waals surface area contributed by atoms with Crippen molar-refractivity contribution in [1.29, 1.82) is 5.41 Å². The van der Waals surface area contributed by atoms with Gasteiger partial charge in [0.15, 0.2) is 0 Å². The molecule has 1 aliphatic carbocycles. The topological polar surface area (TPSA) is 114 Å². The zero-order valence-electron chi connectivity index (χ0n) is 22.4. The monoisotopic (exact) mass is 541 g/mol. The van der Waals surface area contributed by atoms with Crippen LogP contribution in [0, 0.1) is 29.1 Å². The second kappa shape index (κ2) is 13.1. The highest BCUT2D eigenvalue weighted by Crippen LogP contribution is 2.36. The van der Waals surface area contributed by atoms with E-state index >= 15 is 0 Å². The SMILES string of the molecule is CC1CCC(C(C)C)C(OC(=O)C[C@@H]2C[C@@H](COc3ccc(-c4ccc(C(=N)N)cc4)cc3)NC2=O)C1.Cl. The lowest BCUT2D eigenvalue weighted by atomic mass is 9.75. The first-order valence-corrected chi connectivity index (χ1v) is 13.4. The standard InChI is InChI=1S/C30H39N3O4.ClH/c1-18(2)26-13-4-19(3)14-27(26)37-28(34)16-23-15-24(33-30(23)35)17-36-25-11-9-21(10-12-25)20-5-7-22(8-6-20)29(31)32;/h5-12,18-19,23-24,26-27H,4,13-17H2,1-3H3,(H3,31,32)(H,33,35);1H/t19?,23-,24-,26?,27?;/m0./s1. The van der Waals surface area contributed by atoms with Crippen LogP contribution in [0.1, 0.15) is 58.4 Å². The minimum atomic E-state index is -0.375. The molecule has 3 unspecified atom stereocenters. The molecule has 1 aliphatic heterocycles. The first kappa shape index (κ1) is 29.5. The summed E-state index contributed by atoms with van der Waals surface area (Å²) >= 11 is 0. The van der Waals surface area contributed by atoms with Gasteiger partial charge in [0.05, 0.1) is 18.4 Å². The van der Waals surface area contributed by atoms with Crippen molar-refractivity contribution in [3.63, 3.8) is 0 Å². The van der Waals surface area contributed by atoms with E-state index in [9.17, 15) is 9.59 Å². The number of carbonyl (C=O) groups excluding carboxylic acids is 2. The number of amidine groups is 1. The molecule has 1 saturated carbocycles. The molecule has 206 valence electrons. The van der Waals surface area contributed by atoms with Crippen molar-refractivity contribution in [1.82, 2.24) is 5.32 Å². The van der Waals surface area contributed by atoms with Crippen molar-refractivity contribution < 1.29 is 19.1 Å². The molecule has 4 N–H and O–H groups in total. The van der Waals surface area contributed by atoms with E-state index in [1.54, 1.807) is 0 Å². The molecular weight excluding hydrogens is 502 g/mol. The molecule has 1 saturated heterocycles. The van der Waals surface area contributed by atoms with Gasteiger partial charge in [0.25, 0.3) is 0 Å². The maximum atomic E-state index is 12.7. The van der Waals surface area contributed by atoms with Gasteiger partial charge in [-0.05, 0) is 60.3 Å². The molecule has 1 heterocycles. The molecular formula is C30H40ClN3O4. The zero-order valence-corrected chi connectivity index (χ0v) is 23.3. The molecule has 2 aliphatic rings. The Kier molecular flexibility index (Phi) is 10.2. The van der Waals surface area contributed by atoms with E-state index in [2.05, 4.69) is 26.1 Å². The van der Waals surface area contributed by atoms with E-state index in [-0.39, 0.29) is 54.6 Å². The molecule has 38 heavy (non-hydrogen) atoms. The summed E-state index contributed by atoms with van der Waals surface area (Å²) in [7, 11) is 0. The van der Waals surface area contributed by atoms with Gasteiger partial charge in [-0.3, -0.25) is 15.0 Å². The lowest BCUT2D eigenvalue weighted by Gasteiger charge is -2.36. The van der Waals surface area contributed by atoms with Crippen LogP contribution in [0.15, 0.2) is 48.5 Å². The predicted octanol–water partition coefficient (Wildman–Crippen LogP) is 5.34. The van der Waals surface area contributed by atoms with Crippen molar-refractivity contribution >= 4 is 30.1 Å². The maximum Gasteiger partial charge on any atom is 0.306 e. The number of carbonyl (C=O) groups is 2. The highest BCUT2D eigenvalue weighted by molar-refractivity contribution is 5.95. The second-order valence-electron chi connectivity index (χ2n) is 11.0. The van der Waals surface area contributed by atoms with E-state index in [0.29, 0.717) is 42.1 Å². The summed E-state index contributed by atoms with van der Waals surface area (Å²) < 4.78 is 11.8. The molecule has 2 aromatic carbocycles. The van der Waals surface area contributed by atoms with E-state index < -0.39 is 0 Å². The zero-order chi connectivity index (χ0) is 26.5. The van der Waals surface area contributed by atoms with Gasteiger partial charge in [-0.25, -0.2) is 0 Å². The third-order valence-corrected chi connectivity index (χ3v) is 7.78. The minimum Gasteiger partial charge on any atom is -0.491 e. The largest absolute Gasteiger partial charge is 0.491 e. The van der Waals surface area contributed by atoms with E-state index in [0.717, 1.165) is 24.0 Å². The Balaban J connectivity index is 0.00000400. The van der Waals surface area contributed by atoms with Gasteiger partial charge in [-0.2, -0.15) is 0 Å². The number of amides is 1. The van der Waals surface area contributed by atoms with Crippen LogP contribution in [0.4, 0.5) is 0 Å². The fourth-order valence-electron chi connectivity index (χ4n) is 5.57. The van der Waals surface area contributed by atoms with E-state index in [1.807, 2.05) is 48.5 Å². The lowest BCUT2D eigenvalue weighted by molar-refractivity contribution is -0.158. The Hall–Kier alpha value is -3.06. The normalized spacial score (nSPS) is 24.8. The average molecular weight is 542 g/mol. The molecule has 7 nitrogen and oxygen atoms in total. The van der Waals surface area contributed by atoms with Gasteiger partial charge >= 0.3 is 5.97 Å². The lowest BCUT2D eigenvalue weighted by Crippen LogP contribution is -2.36. The predicted molar refractivity (Wildman–Crippen MR) is 152 cm³/mol. The number of rotatable bonds is 9. The van der Waals surface area contributed by atoms with Crippen LogP contribution >= 0.6 is 12.4 Å². The van der Waals surface area contributed by atoms with Gasteiger partial charge in [-0.1, -0.05) is 63.6 Å². The summed E-state index contributed by atoms with van der Waals surface area (Å²) in [6, 6.07) is 15.1. The van der Waals surface area contributed by atoms with Crippen molar-refractivity contribution in [2.45, 2.75) is 65.0 Å². The highest BCUT2D eigenvalue weighted by atomic mass is 35.5. The van der Waals surface area contributed by atoms with Gasteiger partial charge in [0.2, 0.25) is 5.91 Å². The summed E-state index contributed by atoms with van der Waals surface area (Å²) in [5.74, 6) is 1.45. The summed E-state index contributed by atoms with van der Waals surface area (Å²) in [6.45, 7) is 6.94. The summed E-state index contributed by atoms with van der Waals surface area (Å²) in [6.07, 6.45) is 3.81. The number of hydrogen-bond acceptors (Lipinski definition) is 5. The van der Waals surface area contributed by atoms with Crippen molar-refractivity contribution in [2.75, 3.05) is 6.61 Å². The number of nitrogen functional groups attached to an aromatic ring is 1. The second-order valence-corrected chi connectivity index (χ2v) is 11.0. The number of hydrogen-bond donors (Lipinski definition) is 3. The number of halogens is 1. The molecule has 8 heteroatoms. The molecule has 2 aromatic rings. The summed E-state index contributed by atoms with van der Waals surface area (Å²) in [4.78, 5) is 25.2. The molecule has 5 atom stereocenters. The Bertz CT molecular complexity index is 1100. The van der Waals surface area contributed by atoms with Crippen LogP contribution in [0.5, 0.6) is 5.75 Å². The minimum absolute atomic E-state index is 0. The number of nitrogens with two attached hydrogens (primary N) is 1. The molecule has 1 amide bonds. The Labute approximate surface area is 231 Å². The van der Waals surface area contributed by atoms with Crippen LogP contribution in [0.25, 0.3) is 11.1 Å². The Morgan fingerprint density at radius 2 is 1.68 bits per heavy atom. The van der Waals surface area contributed by atoms with Crippen LogP contribution in [-0.2, 0) is 14.3 Å². The van der Waals surface area contributed by atoms with Crippen molar-refractivity contribution in [3.8, 4) is 16.9 Å². The quantitative estimate of drug-likeness (QED) is 0.225. The molecule has 0 bridgehead atoms. The van der Waals surface area contributed by atoms with Crippen LogP contribution in [0.2, 0.25) is 0 Å². The number of benzene rings is 2. The highest BCUT2D eigenvalue weighted by Gasteiger charge is 2.37. The molecule has 0 spiro atoms. The number of esters is 1. The molecule has 2 fully saturated rings. The van der Waals surface area contributed by atoms with Crippen LogP contribution < -0.4 is 15.8 Å². The Morgan fingerprint density at radius 1 is 1.05 bits per heavy atom. The van der Waals surface area contributed by atoms with Gasteiger partial charge in [-0.15, -0.1) is 12.4 Å². The maximum absolute atomic E-state index is 12.7. The summed E-state index contributed by atoms with van der Waals surface area (Å²) in [5, 5.41) is 10.5. The average Bonchev–Trinajstić information content (AvgIpc) is 3.21. The molecule has 0 radical (unpaired) electrons. The smallest absolute Gasteiger partial charge is 0.306 e.